The molecule has 3 heteroatoms. The number of Topliss-reactive ketones (excluding diaryl/α,β-unsaturated/α-hetero) is 1. The van der Waals surface area contributed by atoms with Gasteiger partial charge in [-0.1, -0.05) is 19.8 Å². The van der Waals surface area contributed by atoms with Crippen LogP contribution in [0.2, 0.25) is 0 Å². The van der Waals surface area contributed by atoms with Gasteiger partial charge >= 0.3 is 0 Å². The zero-order chi connectivity index (χ0) is 13.0. The minimum absolute atomic E-state index is 0.214. The Bertz CT molecular complexity index is 389. The number of rotatable bonds is 5. The Labute approximate surface area is 110 Å². The van der Waals surface area contributed by atoms with E-state index in [1.54, 1.807) is 6.20 Å². The number of ketones is 1. The summed E-state index contributed by atoms with van der Waals surface area (Å²) < 4.78 is 1.96. The molecule has 0 atom stereocenters. The van der Waals surface area contributed by atoms with Crippen molar-refractivity contribution in [3.63, 3.8) is 0 Å². The van der Waals surface area contributed by atoms with Crippen molar-refractivity contribution < 1.29 is 4.79 Å². The summed E-state index contributed by atoms with van der Waals surface area (Å²) in [5.74, 6) is 1.99. The van der Waals surface area contributed by atoms with E-state index < -0.39 is 0 Å². The molecule has 2 rings (SSSR count). The van der Waals surface area contributed by atoms with Crippen LogP contribution in [0.15, 0.2) is 12.4 Å². The Morgan fingerprint density at radius 1 is 1.33 bits per heavy atom. The molecule has 0 aliphatic heterocycles. The number of hydrogen-bond acceptors (Lipinski definition) is 2. The molecule has 1 heterocycles. The van der Waals surface area contributed by atoms with Crippen molar-refractivity contribution in [1.82, 2.24) is 9.55 Å². The molecule has 0 unspecified atom stereocenters. The van der Waals surface area contributed by atoms with Crippen LogP contribution in [-0.2, 0) is 6.54 Å². The summed E-state index contributed by atoms with van der Waals surface area (Å²) in [6, 6.07) is 0. The first-order chi connectivity index (χ1) is 8.76. The predicted molar refractivity (Wildman–Crippen MR) is 72.6 cm³/mol. The highest BCUT2D eigenvalue weighted by molar-refractivity contribution is 5.94. The molecule has 0 saturated heterocycles. The Hall–Kier alpha value is -1.12. The summed E-state index contributed by atoms with van der Waals surface area (Å²) in [5.41, 5.74) is 0. The van der Waals surface area contributed by atoms with Crippen molar-refractivity contribution in [3.8, 4) is 0 Å². The van der Waals surface area contributed by atoms with Crippen molar-refractivity contribution in [2.45, 2.75) is 58.9 Å². The quantitative estimate of drug-likeness (QED) is 0.745. The monoisotopic (exact) mass is 248 g/mol. The maximum absolute atomic E-state index is 12.4. The predicted octanol–water partition coefficient (Wildman–Crippen LogP) is 3.69. The average Bonchev–Trinajstić information content (AvgIpc) is 2.87. The van der Waals surface area contributed by atoms with E-state index in [0.717, 1.165) is 25.3 Å². The van der Waals surface area contributed by atoms with E-state index >= 15 is 0 Å². The molecule has 0 spiro atoms. The van der Waals surface area contributed by atoms with E-state index in [2.05, 4.69) is 18.8 Å². The molecule has 1 aromatic heterocycles. The van der Waals surface area contributed by atoms with E-state index in [4.69, 9.17) is 0 Å². The molecule has 0 amide bonds. The molecule has 0 radical (unpaired) electrons. The van der Waals surface area contributed by atoms with E-state index in [9.17, 15) is 4.79 Å². The van der Waals surface area contributed by atoms with Gasteiger partial charge in [-0.3, -0.25) is 4.79 Å². The molecule has 1 aliphatic carbocycles. The number of aryl methyl sites for hydroxylation is 1. The first-order valence-electron chi connectivity index (χ1n) is 7.31. The lowest BCUT2D eigenvalue weighted by Gasteiger charge is -2.27. The van der Waals surface area contributed by atoms with E-state index in [1.165, 1.54) is 25.7 Å². The molecular weight excluding hydrogens is 224 g/mol. The third kappa shape index (κ3) is 2.82. The van der Waals surface area contributed by atoms with Gasteiger partial charge in [-0.15, -0.1) is 0 Å². The summed E-state index contributed by atoms with van der Waals surface area (Å²) in [5, 5.41) is 0. The summed E-state index contributed by atoms with van der Waals surface area (Å²) >= 11 is 0. The number of carbonyl (C=O) groups is 1. The van der Waals surface area contributed by atoms with Crippen molar-refractivity contribution in [2.75, 3.05) is 0 Å². The lowest BCUT2D eigenvalue weighted by atomic mass is 9.78. The highest BCUT2D eigenvalue weighted by Crippen LogP contribution is 2.33. The van der Waals surface area contributed by atoms with Gasteiger partial charge in [-0.05, 0) is 38.5 Å². The second kappa shape index (κ2) is 6.17. The van der Waals surface area contributed by atoms with Gasteiger partial charge in [0.15, 0.2) is 5.82 Å². The summed E-state index contributed by atoms with van der Waals surface area (Å²) in [4.78, 5) is 16.7. The molecule has 1 aliphatic rings. The van der Waals surface area contributed by atoms with Gasteiger partial charge in [0.25, 0.3) is 0 Å². The maximum atomic E-state index is 12.4. The van der Waals surface area contributed by atoms with Crippen LogP contribution < -0.4 is 0 Å². The Balaban J connectivity index is 1.95. The Morgan fingerprint density at radius 3 is 2.67 bits per heavy atom. The van der Waals surface area contributed by atoms with E-state index in [0.29, 0.717) is 5.82 Å². The maximum Gasteiger partial charge on any atom is 0.201 e. The summed E-state index contributed by atoms with van der Waals surface area (Å²) in [7, 11) is 0. The van der Waals surface area contributed by atoms with Gasteiger partial charge in [-0.2, -0.15) is 0 Å². The highest BCUT2D eigenvalue weighted by Gasteiger charge is 2.28. The van der Waals surface area contributed by atoms with Crippen LogP contribution in [0.25, 0.3) is 0 Å². The third-order valence-corrected chi connectivity index (χ3v) is 4.19. The number of aromatic nitrogens is 2. The topological polar surface area (TPSA) is 34.9 Å². The van der Waals surface area contributed by atoms with Crippen molar-refractivity contribution in [2.24, 2.45) is 11.8 Å². The average molecular weight is 248 g/mol. The molecular formula is C15H24N2O. The molecule has 1 saturated carbocycles. The van der Waals surface area contributed by atoms with Crippen LogP contribution in [0.3, 0.4) is 0 Å². The second-order valence-electron chi connectivity index (χ2n) is 5.41. The van der Waals surface area contributed by atoms with Crippen molar-refractivity contribution >= 4 is 5.78 Å². The molecule has 0 aromatic carbocycles. The molecule has 0 bridgehead atoms. The number of nitrogens with zero attached hydrogens (tertiary/aromatic N) is 2. The van der Waals surface area contributed by atoms with Crippen LogP contribution in [0.5, 0.6) is 0 Å². The molecule has 1 aromatic rings. The Morgan fingerprint density at radius 2 is 2.06 bits per heavy atom. The highest BCUT2D eigenvalue weighted by atomic mass is 16.1. The first kappa shape index (κ1) is 13.3. The first-order valence-corrected chi connectivity index (χ1v) is 7.31. The number of carbonyl (C=O) groups excluding carboxylic acids is 1. The van der Waals surface area contributed by atoms with Gasteiger partial charge in [0.2, 0.25) is 5.78 Å². The van der Waals surface area contributed by atoms with Crippen LogP contribution in [0.1, 0.15) is 63.0 Å². The van der Waals surface area contributed by atoms with Crippen LogP contribution in [-0.4, -0.2) is 15.3 Å². The van der Waals surface area contributed by atoms with Gasteiger partial charge in [0.05, 0.1) is 0 Å². The minimum Gasteiger partial charge on any atom is -0.329 e. The largest absolute Gasteiger partial charge is 0.329 e. The third-order valence-electron chi connectivity index (χ3n) is 4.19. The lowest BCUT2D eigenvalue weighted by Crippen LogP contribution is -2.24. The Kier molecular flexibility index (Phi) is 4.56. The SMILES string of the molecule is CCCC1CCC(C(=O)c2nccn2CC)CC1. The normalized spacial score (nSPS) is 24.1. The molecule has 3 nitrogen and oxygen atoms in total. The fourth-order valence-corrected chi connectivity index (χ4v) is 3.09. The smallest absolute Gasteiger partial charge is 0.201 e. The second-order valence-corrected chi connectivity index (χ2v) is 5.41. The molecule has 18 heavy (non-hydrogen) atoms. The number of imidazole rings is 1. The molecule has 100 valence electrons. The van der Waals surface area contributed by atoms with Crippen molar-refractivity contribution in [1.29, 1.82) is 0 Å². The summed E-state index contributed by atoms with van der Waals surface area (Å²) in [6.45, 7) is 5.12. The van der Waals surface area contributed by atoms with Crippen LogP contribution in [0, 0.1) is 11.8 Å². The fraction of sp³-hybridized carbons (Fsp3) is 0.733. The van der Waals surface area contributed by atoms with Gasteiger partial charge in [-0.25, -0.2) is 4.98 Å². The summed E-state index contributed by atoms with van der Waals surface area (Å²) in [6.07, 6.45) is 10.8. The standard InChI is InChI=1S/C15H24N2O/c1-3-5-12-6-8-13(9-7-12)14(18)15-16-10-11-17(15)4-2/h10-13H,3-9H2,1-2H3. The van der Waals surface area contributed by atoms with Gasteiger partial charge in [0, 0.05) is 24.9 Å². The fourth-order valence-electron chi connectivity index (χ4n) is 3.09. The number of hydrogen-bond donors (Lipinski definition) is 0. The minimum atomic E-state index is 0.214. The van der Waals surface area contributed by atoms with E-state index in [-0.39, 0.29) is 11.7 Å². The van der Waals surface area contributed by atoms with Crippen molar-refractivity contribution in [3.05, 3.63) is 18.2 Å². The van der Waals surface area contributed by atoms with E-state index in [1.807, 2.05) is 10.8 Å². The zero-order valence-electron chi connectivity index (χ0n) is 11.6. The van der Waals surface area contributed by atoms with Crippen LogP contribution in [0.4, 0.5) is 0 Å². The molecule has 0 N–H and O–H groups in total. The van der Waals surface area contributed by atoms with Crippen LogP contribution >= 0.6 is 0 Å². The lowest BCUT2D eigenvalue weighted by molar-refractivity contribution is 0.0854. The van der Waals surface area contributed by atoms with Gasteiger partial charge in [0.1, 0.15) is 0 Å². The van der Waals surface area contributed by atoms with Gasteiger partial charge < -0.3 is 4.57 Å². The zero-order valence-corrected chi connectivity index (χ0v) is 11.6. The molecule has 1 fully saturated rings.